The van der Waals surface area contributed by atoms with E-state index in [-0.39, 0.29) is 23.8 Å². The fourth-order valence-corrected chi connectivity index (χ4v) is 4.11. The van der Waals surface area contributed by atoms with E-state index in [1.807, 2.05) is 48.2 Å². The van der Waals surface area contributed by atoms with Gasteiger partial charge in [-0.3, -0.25) is 9.59 Å². The molecular formula is C21H31N3O3. The van der Waals surface area contributed by atoms with Crippen molar-refractivity contribution in [2.45, 2.75) is 38.1 Å². The zero-order chi connectivity index (χ0) is 19.2. The number of rotatable bonds is 2. The quantitative estimate of drug-likeness (QED) is 0.864. The van der Waals surface area contributed by atoms with E-state index in [1.165, 1.54) is 0 Å². The molecular weight excluding hydrogens is 342 g/mol. The minimum absolute atomic E-state index is 0.0163. The number of benzene rings is 1. The number of carbonyl (C=O) groups excluding carboxylic acids is 2. The van der Waals surface area contributed by atoms with E-state index < -0.39 is 0 Å². The molecule has 1 N–H and O–H groups in total. The zero-order valence-corrected chi connectivity index (χ0v) is 16.4. The Balaban J connectivity index is 1.89. The summed E-state index contributed by atoms with van der Waals surface area (Å²) in [7, 11) is 3.94. The Hall–Kier alpha value is -2.08. The lowest BCUT2D eigenvalue weighted by molar-refractivity contribution is -0.128. The highest BCUT2D eigenvalue weighted by molar-refractivity contribution is 5.96. The van der Waals surface area contributed by atoms with E-state index in [2.05, 4.69) is 5.32 Å². The molecule has 27 heavy (non-hydrogen) atoms. The van der Waals surface area contributed by atoms with Gasteiger partial charge in [-0.05, 0) is 37.5 Å². The van der Waals surface area contributed by atoms with Crippen molar-refractivity contribution in [1.82, 2.24) is 10.2 Å². The highest BCUT2D eigenvalue weighted by Gasteiger charge is 2.37. The van der Waals surface area contributed by atoms with Crippen LogP contribution in [0.3, 0.4) is 0 Å². The van der Waals surface area contributed by atoms with Crippen molar-refractivity contribution in [3.05, 3.63) is 29.8 Å². The van der Waals surface area contributed by atoms with Crippen LogP contribution in [0.5, 0.6) is 0 Å². The molecule has 1 aromatic rings. The van der Waals surface area contributed by atoms with Crippen LogP contribution in [0.4, 0.5) is 5.69 Å². The van der Waals surface area contributed by atoms with Gasteiger partial charge in [0.2, 0.25) is 5.91 Å². The summed E-state index contributed by atoms with van der Waals surface area (Å²) in [4.78, 5) is 30.1. The van der Waals surface area contributed by atoms with E-state index in [0.29, 0.717) is 31.9 Å². The third-order valence-corrected chi connectivity index (χ3v) is 5.57. The second-order valence-electron chi connectivity index (χ2n) is 7.66. The van der Waals surface area contributed by atoms with E-state index in [9.17, 15) is 9.59 Å². The normalized spacial score (nSPS) is 24.4. The van der Waals surface area contributed by atoms with Crippen LogP contribution in [0.15, 0.2) is 24.3 Å². The minimum Gasteiger partial charge on any atom is -0.380 e. The maximum absolute atomic E-state index is 13.4. The van der Waals surface area contributed by atoms with Crippen LogP contribution < -0.4 is 10.2 Å². The van der Waals surface area contributed by atoms with Crippen LogP contribution in [-0.2, 0) is 9.53 Å². The van der Waals surface area contributed by atoms with Gasteiger partial charge in [0.25, 0.3) is 5.91 Å². The lowest BCUT2D eigenvalue weighted by Crippen LogP contribution is -2.51. The average Bonchev–Trinajstić information content (AvgIpc) is 2.72. The molecule has 2 amide bonds. The molecule has 148 valence electrons. The van der Waals surface area contributed by atoms with E-state index in [4.69, 9.17) is 4.74 Å². The highest BCUT2D eigenvalue weighted by Crippen LogP contribution is 2.30. The maximum atomic E-state index is 13.4. The number of hydrogen-bond donors (Lipinski definition) is 1. The van der Waals surface area contributed by atoms with Gasteiger partial charge in [-0.15, -0.1) is 0 Å². The molecule has 0 radical (unpaired) electrons. The first-order valence-electron chi connectivity index (χ1n) is 10.0. The number of carbonyl (C=O) groups is 2. The van der Waals surface area contributed by atoms with Crippen LogP contribution in [0.1, 0.15) is 42.5 Å². The third-order valence-electron chi connectivity index (χ3n) is 5.57. The van der Waals surface area contributed by atoms with Gasteiger partial charge in [0.15, 0.2) is 0 Å². The minimum atomic E-state index is -0.127. The van der Waals surface area contributed by atoms with Crippen molar-refractivity contribution < 1.29 is 14.3 Å². The van der Waals surface area contributed by atoms with Crippen LogP contribution >= 0.6 is 0 Å². The van der Waals surface area contributed by atoms with Crippen LogP contribution in [0.2, 0.25) is 0 Å². The van der Waals surface area contributed by atoms with Gasteiger partial charge in [-0.1, -0.05) is 18.9 Å². The molecule has 1 saturated heterocycles. The van der Waals surface area contributed by atoms with Crippen molar-refractivity contribution in [2.24, 2.45) is 5.92 Å². The Bertz CT molecular complexity index is 662. The number of amides is 2. The summed E-state index contributed by atoms with van der Waals surface area (Å²) in [5.41, 5.74) is 1.68. The fourth-order valence-electron chi connectivity index (χ4n) is 4.11. The molecule has 2 atom stereocenters. The molecule has 3 rings (SSSR count). The van der Waals surface area contributed by atoms with Crippen LogP contribution in [-0.4, -0.2) is 63.2 Å². The maximum Gasteiger partial charge on any atom is 0.254 e. The van der Waals surface area contributed by atoms with Crippen molar-refractivity contribution in [3.8, 4) is 0 Å². The third kappa shape index (κ3) is 4.80. The Kier molecular flexibility index (Phi) is 6.72. The predicted molar refractivity (Wildman–Crippen MR) is 106 cm³/mol. The molecule has 1 aromatic carbocycles. The van der Waals surface area contributed by atoms with Crippen molar-refractivity contribution in [2.75, 3.05) is 45.3 Å². The van der Waals surface area contributed by atoms with Gasteiger partial charge >= 0.3 is 0 Å². The van der Waals surface area contributed by atoms with Gasteiger partial charge in [-0.2, -0.15) is 0 Å². The standard InChI is InChI=1S/C21H31N3O3/c1-23(2)17-8-5-7-16(15-17)21(26)24-12-6-13-27-14-11-22-20(25)18-9-3-4-10-19(18)24/h5,7-8,15,18-19H,3-4,6,9-14H2,1-2H3,(H,22,25)/t18-,19+/m1/s1. The van der Waals surface area contributed by atoms with Gasteiger partial charge in [0.1, 0.15) is 0 Å². The molecule has 2 fully saturated rings. The number of nitrogens with one attached hydrogen (secondary N) is 1. The molecule has 1 aliphatic heterocycles. The molecule has 0 unspecified atom stereocenters. The van der Waals surface area contributed by atoms with Crippen molar-refractivity contribution in [3.63, 3.8) is 0 Å². The molecule has 1 heterocycles. The molecule has 2 aliphatic rings. The average molecular weight is 373 g/mol. The first-order chi connectivity index (χ1) is 13.1. The molecule has 6 heteroatoms. The first kappa shape index (κ1) is 19.7. The van der Waals surface area contributed by atoms with Crippen LogP contribution in [0, 0.1) is 5.92 Å². The van der Waals surface area contributed by atoms with E-state index >= 15 is 0 Å². The number of fused-ring (bicyclic) bond motifs is 1. The Labute approximate surface area is 161 Å². The summed E-state index contributed by atoms with van der Waals surface area (Å²) in [6.07, 6.45) is 4.63. The van der Waals surface area contributed by atoms with Gasteiger partial charge < -0.3 is 19.9 Å². The molecule has 1 aliphatic carbocycles. The fraction of sp³-hybridized carbons (Fsp3) is 0.619. The summed E-state index contributed by atoms with van der Waals surface area (Å²) in [5.74, 6) is -0.0504. The van der Waals surface area contributed by atoms with Gasteiger partial charge in [-0.25, -0.2) is 0 Å². The van der Waals surface area contributed by atoms with Crippen molar-refractivity contribution >= 4 is 17.5 Å². The highest BCUT2D eigenvalue weighted by atomic mass is 16.5. The Morgan fingerprint density at radius 3 is 2.81 bits per heavy atom. The van der Waals surface area contributed by atoms with Gasteiger partial charge in [0, 0.05) is 51.1 Å². The Morgan fingerprint density at radius 1 is 1.19 bits per heavy atom. The van der Waals surface area contributed by atoms with Crippen molar-refractivity contribution in [1.29, 1.82) is 0 Å². The molecule has 0 bridgehead atoms. The molecule has 1 saturated carbocycles. The number of hydrogen-bond acceptors (Lipinski definition) is 4. The second kappa shape index (κ2) is 9.22. The summed E-state index contributed by atoms with van der Waals surface area (Å²) >= 11 is 0. The summed E-state index contributed by atoms with van der Waals surface area (Å²) < 4.78 is 5.59. The largest absolute Gasteiger partial charge is 0.380 e. The molecule has 0 spiro atoms. The van der Waals surface area contributed by atoms with Crippen LogP contribution in [0.25, 0.3) is 0 Å². The monoisotopic (exact) mass is 373 g/mol. The molecule has 0 aromatic heterocycles. The SMILES string of the molecule is CN(C)c1cccc(C(=O)N2CCCOCCNC(=O)[C@@H]3CCCC[C@@H]32)c1. The number of anilines is 1. The summed E-state index contributed by atoms with van der Waals surface area (Å²) in [6.45, 7) is 2.30. The summed E-state index contributed by atoms with van der Waals surface area (Å²) in [6, 6.07) is 7.68. The lowest BCUT2D eigenvalue weighted by Gasteiger charge is -2.39. The first-order valence-corrected chi connectivity index (χ1v) is 10.0. The predicted octanol–water partition coefficient (Wildman–Crippen LogP) is 2.29. The molecule has 6 nitrogen and oxygen atoms in total. The van der Waals surface area contributed by atoms with E-state index in [1.54, 1.807) is 0 Å². The Morgan fingerprint density at radius 2 is 2.00 bits per heavy atom. The second-order valence-corrected chi connectivity index (χ2v) is 7.66. The smallest absolute Gasteiger partial charge is 0.254 e. The number of ether oxygens (including phenoxy) is 1. The number of nitrogens with zero attached hydrogens (tertiary/aromatic N) is 2. The lowest BCUT2D eigenvalue weighted by atomic mass is 9.82. The summed E-state index contributed by atoms with van der Waals surface area (Å²) in [5, 5.41) is 2.99. The van der Waals surface area contributed by atoms with Gasteiger partial charge in [0.05, 0.1) is 12.5 Å². The topological polar surface area (TPSA) is 61.9 Å². The van der Waals surface area contributed by atoms with E-state index in [0.717, 1.165) is 37.8 Å². The zero-order valence-electron chi connectivity index (χ0n) is 16.4.